The van der Waals surface area contributed by atoms with Crippen molar-refractivity contribution >= 4 is 28.6 Å². The molecule has 0 aliphatic heterocycles. The molecule has 128 valence electrons. The lowest BCUT2D eigenvalue weighted by Crippen LogP contribution is -2.31. The van der Waals surface area contributed by atoms with Crippen LogP contribution in [0, 0.1) is 6.92 Å². The highest BCUT2D eigenvalue weighted by molar-refractivity contribution is 8.00. The van der Waals surface area contributed by atoms with Crippen LogP contribution < -0.4 is 5.32 Å². The number of hydrogen-bond donors (Lipinski definition) is 1. The summed E-state index contributed by atoms with van der Waals surface area (Å²) in [5, 5.41) is 4.95. The number of carbonyl (C=O) groups excluding carboxylic acids is 1. The van der Waals surface area contributed by atoms with E-state index in [-0.39, 0.29) is 11.2 Å². The van der Waals surface area contributed by atoms with Crippen LogP contribution in [0.15, 0.2) is 65.7 Å². The lowest BCUT2D eigenvalue weighted by molar-refractivity contribution is -0.120. The molecular formula is C21H22N2OS. The lowest BCUT2D eigenvalue weighted by atomic mass is 10.1. The highest BCUT2D eigenvalue weighted by Gasteiger charge is 2.19. The smallest absolute Gasteiger partial charge is 0.233 e. The first-order valence-corrected chi connectivity index (χ1v) is 9.40. The minimum absolute atomic E-state index is 0.0592. The molecular weight excluding hydrogens is 328 g/mol. The number of fused-ring (bicyclic) bond motifs is 1. The van der Waals surface area contributed by atoms with Gasteiger partial charge in [-0.15, -0.1) is 0 Å². The molecule has 0 aliphatic carbocycles. The largest absolute Gasteiger partial charge is 0.351 e. The summed E-state index contributed by atoms with van der Waals surface area (Å²) < 4.78 is 0. The van der Waals surface area contributed by atoms with Crippen LogP contribution in [0.3, 0.4) is 0 Å². The van der Waals surface area contributed by atoms with E-state index in [9.17, 15) is 4.79 Å². The number of benzene rings is 2. The number of hydrogen-bond acceptors (Lipinski definition) is 3. The third kappa shape index (κ3) is 4.40. The summed E-state index contributed by atoms with van der Waals surface area (Å²) in [4.78, 5) is 17.2. The molecule has 0 aliphatic rings. The van der Waals surface area contributed by atoms with Crippen molar-refractivity contribution in [2.24, 2.45) is 0 Å². The Morgan fingerprint density at radius 2 is 1.84 bits per heavy atom. The third-order valence-electron chi connectivity index (χ3n) is 4.14. The Morgan fingerprint density at radius 3 is 2.60 bits per heavy atom. The van der Waals surface area contributed by atoms with Gasteiger partial charge in [0, 0.05) is 11.9 Å². The minimum Gasteiger partial charge on any atom is -0.351 e. The second-order valence-corrected chi connectivity index (χ2v) is 7.24. The van der Waals surface area contributed by atoms with Gasteiger partial charge in [-0.25, -0.2) is 4.98 Å². The van der Waals surface area contributed by atoms with Gasteiger partial charge in [-0.3, -0.25) is 4.79 Å². The summed E-state index contributed by atoms with van der Waals surface area (Å²) in [5.41, 5.74) is 3.27. The molecule has 3 rings (SSSR count). The Hall–Kier alpha value is -2.33. The van der Waals surface area contributed by atoms with Crippen LogP contribution in [0.1, 0.15) is 24.5 Å². The van der Waals surface area contributed by atoms with Crippen molar-refractivity contribution in [3.05, 3.63) is 71.8 Å². The summed E-state index contributed by atoms with van der Waals surface area (Å²) in [6, 6.07) is 20.2. The van der Waals surface area contributed by atoms with Crippen LogP contribution in [-0.2, 0) is 11.3 Å². The summed E-state index contributed by atoms with van der Waals surface area (Å²) >= 11 is 1.54. The fraction of sp³-hybridized carbons (Fsp3) is 0.238. The monoisotopic (exact) mass is 350 g/mol. The van der Waals surface area contributed by atoms with Crippen LogP contribution >= 0.6 is 11.8 Å². The lowest BCUT2D eigenvalue weighted by Gasteiger charge is -2.15. The zero-order valence-electron chi connectivity index (χ0n) is 14.5. The molecule has 4 heteroatoms. The Morgan fingerprint density at radius 1 is 1.12 bits per heavy atom. The van der Waals surface area contributed by atoms with Crippen molar-refractivity contribution < 1.29 is 4.79 Å². The minimum atomic E-state index is -0.142. The van der Waals surface area contributed by atoms with Gasteiger partial charge in [0.25, 0.3) is 0 Å². The molecule has 0 bridgehead atoms. The molecule has 1 atom stereocenters. The van der Waals surface area contributed by atoms with Crippen LogP contribution in [0.25, 0.3) is 10.9 Å². The summed E-state index contributed by atoms with van der Waals surface area (Å²) in [6.07, 6.45) is 0.763. The highest BCUT2D eigenvalue weighted by atomic mass is 32.2. The van der Waals surface area contributed by atoms with E-state index in [0.717, 1.165) is 27.9 Å². The molecule has 0 saturated carbocycles. The molecule has 1 heterocycles. The maximum Gasteiger partial charge on any atom is 0.233 e. The van der Waals surface area contributed by atoms with Gasteiger partial charge in [0.05, 0.1) is 15.8 Å². The molecule has 1 amide bonds. The van der Waals surface area contributed by atoms with Gasteiger partial charge < -0.3 is 5.32 Å². The van der Waals surface area contributed by atoms with Gasteiger partial charge in [-0.2, -0.15) is 0 Å². The molecule has 2 aromatic carbocycles. The topological polar surface area (TPSA) is 42.0 Å². The molecule has 1 N–H and O–H groups in total. The first kappa shape index (κ1) is 17.5. The van der Waals surface area contributed by atoms with Gasteiger partial charge in [0.2, 0.25) is 5.91 Å². The average molecular weight is 350 g/mol. The number of carbonyl (C=O) groups is 1. The van der Waals surface area contributed by atoms with Crippen molar-refractivity contribution in [3.63, 3.8) is 0 Å². The van der Waals surface area contributed by atoms with Gasteiger partial charge in [-0.1, -0.05) is 67.2 Å². The molecule has 1 aromatic heterocycles. The highest BCUT2D eigenvalue weighted by Crippen LogP contribution is 2.28. The number of nitrogens with one attached hydrogen (secondary N) is 1. The Kier molecular flexibility index (Phi) is 5.71. The fourth-order valence-corrected chi connectivity index (χ4v) is 3.79. The Balaban J connectivity index is 1.70. The SMILES string of the molecule is CCC(Sc1cc(C)c2ccccc2n1)C(=O)NCc1ccccc1. The van der Waals surface area contributed by atoms with Crippen molar-refractivity contribution in [3.8, 4) is 0 Å². The second kappa shape index (κ2) is 8.17. The zero-order valence-corrected chi connectivity index (χ0v) is 15.3. The van der Waals surface area contributed by atoms with Crippen molar-refractivity contribution in [2.75, 3.05) is 0 Å². The summed E-state index contributed by atoms with van der Waals surface area (Å²) in [7, 11) is 0. The number of thioether (sulfide) groups is 1. The van der Waals surface area contributed by atoms with Gasteiger partial charge in [0.15, 0.2) is 0 Å². The number of amides is 1. The molecule has 3 nitrogen and oxygen atoms in total. The van der Waals surface area contributed by atoms with Crippen LogP contribution in [-0.4, -0.2) is 16.1 Å². The fourth-order valence-electron chi connectivity index (χ4n) is 2.75. The van der Waals surface area contributed by atoms with Crippen LogP contribution in [0.5, 0.6) is 0 Å². The van der Waals surface area contributed by atoms with E-state index < -0.39 is 0 Å². The van der Waals surface area contributed by atoms with E-state index >= 15 is 0 Å². The van der Waals surface area contributed by atoms with Gasteiger partial charge >= 0.3 is 0 Å². The van der Waals surface area contributed by atoms with E-state index in [1.54, 1.807) is 0 Å². The Bertz CT molecular complexity index is 864. The summed E-state index contributed by atoms with van der Waals surface area (Å²) in [6.45, 7) is 4.68. The predicted octanol–water partition coefficient (Wildman–Crippen LogP) is 4.73. The first-order valence-electron chi connectivity index (χ1n) is 8.52. The molecule has 1 unspecified atom stereocenters. The predicted molar refractivity (Wildman–Crippen MR) is 105 cm³/mol. The van der Waals surface area contributed by atoms with Crippen molar-refractivity contribution in [1.29, 1.82) is 0 Å². The molecule has 3 aromatic rings. The van der Waals surface area contributed by atoms with Crippen molar-refractivity contribution in [1.82, 2.24) is 10.3 Å². The molecule has 25 heavy (non-hydrogen) atoms. The first-order chi connectivity index (χ1) is 12.2. The number of rotatable bonds is 6. The van der Waals surface area contributed by atoms with Crippen LogP contribution in [0.2, 0.25) is 0 Å². The van der Waals surface area contributed by atoms with E-state index in [2.05, 4.69) is 24.4 Å². The number of aromatic nitrogens is 1. The quantitative estimate of drug-likeness (QED) is 0.654. The maximum atomic E-state index is 12.5. The number of para-hydroxylation sites is 1. The number of pyridine rings is 1. The van der Waals surface area contributed by atoms with Crippen molar-refractivity contribution in [2.45, 2.75) is 37.1 Å². The second-order valence-electron chi connectivity index (χ2n) is 6.01. The number of aryl methyl sites for hydroxylation is 1. The van der Waals surface area contributed by atoms with Crippen LogP contribution in [0.4, 0.5) is 0 Å². The normalized spacial score (nSPS) is 12.1. The molecule has 0 fully saturated rings. The molecule has 0 saturated heterocycles. The zero-order chi connectivity index (χ0) is 17.6. The maximum absolute atomic E-state index is 12.5. The Labute approximate surface area is 152 Å². The van der Waals surface area contributed by atoms with E-state index in [1.165, 1.54) is 17.3 Å². The average Bonchev–Trinajstić information content (AvgIpc) is 2.65. The van der Waals surface area contributed by atoms with E-state index in [0.29, 0.717) is 6.54 Å². The number of nitrogens with zero attached hydrogens (tertiary/aromatic N) is 1. The van der Waals surface area contributed by atoms with Gasteiger partial charge in [-0.05, 0) is 36.6 Å². The molecule has 0 radical (unpaired) electrons. The standard InChI is InChI=1S/C21H22N2OS/c1-3-19(21(24)22-14-16-9-5-4-6-10-16)25-20-13-15(2)17-11-7-8-12-18(17)23-20/h4-13,19H,3,14H2,1-2H3,(H,22,24). The molecule has 0 spiro atoms. The van der Waals surface area contributed by atoms with E-state index in [4.69, 9.17) is 4.98 Å². The third-order valence-corrected chi connectivity index (χ3v) is 5.42. The summed E-state index contributed by atoms with van der Waals surface area (Å²) in [5.74, 6) is 0.0592. The van der Waals surface area contributed by atoms with E-state index in [1.807, 2.05) is 55.5 Å². The van der Waals surface area contributed by atoms with Gasteiger partial charge in [0.1, 0.15) is 0 Å².